The summed E-state index contributed by atoms with van der Waals surface area (Å²) in [5.41, 5.74) is 1.75. The van der Waals surface area contributed by atoms with E-state index in [1.165, 1.54) is 0 Å². The van der Waals surface area contributed by atoms with E-state index in [9.17, 15) is 4.79 Å². The smallest absolute Gasteiger partial charge is 0.317 e. The summed E-state index contributed by atoms with van der Waals surface area (Å²) >= 11 is 0. The minimum absolute atomic E-state index is 0.00286. The van der Waals surface area contributed by atoms with Gasteiger partial charge in [-0.15, -0.1) is 0 Å². The largest absolute Gasteiger partial charge is 0.489 e. The zero-order valence-electron chi connectivity index (χ0n) is 16.4. The summed E-state index contributed by atoms with van der Waals surface area (Å²) in [6.45, 7) is 4.05. The van der Waals surface area contributed by atoms with Crippen molar-refractivity contribution >= 4 is 6.03 Å². The zero-order valence-corrected chi connectivity index (χ0v) is 16.4. The number of hydrogen-bond donors (Lipinski definition) is 1. The first-order valence-electron chi connectivity index (χ1n) is 9.92. The molecular weight excluding hydrogens is 368 g/mol. The first kappa shape index (κ1) is 19.0. The van der Waals surface area contributed by atoms with Crippen molar-refractivity contribution in [2.75, 3.05) is 19.6 Å². The molecule has 7 heteroatoms. The number of nitrogens with zero attached hydrogens (tertiary/aromatic N) is 3. The van der Waals surface area contributed by atoms with Crippen molar-refractivity contribution < 1.29 is 14.1 Å². The fourth-order valence-electron chi connectivity index (χ4n) is 3.27. The van der Waals surface area contributed by atoms with Gasteiger partial charge in [0.05, 0.1) is 6.54 Å². The fourth-order valence-corrected chi connectivity index (χ4v) is 3.27. The number of benzene rings is 2. The van der Waals surface area contributed by atoms with E-state index in [-0.39, 0.29) is 12.1 Å². The summed E-state index contributed by atoms with van der Waals surface area (Å²) in [6.07, 6.45) is 1.76. The molecule has 1 aliphatic heterocycles. The maximum atomic E-state index is 12.0. The van der Waals surface area contributed by atoms with Crippen LogP contribution in [0.1, 0.15) is 19.8 Å². The maximum Gasteiger partial charge on any atom is 0.317 e. The van der Waals surface area contributed by atoms with Gasteiger partial charge >= 0.3 is 6.03 Å². The Hall–Kier alpha value is -3.35. The topological polar surface area (TPSA) is 80.5 Å². The Kier molecular flexibility index (Phi) is 5.74. The second-order valence-electron chi connectivity index (χ2n) is 7.02. The average Bonchev–Trinajstić information content (AvgIpc) is 3.43. The van der Waals surface area contributed by atoms with Gasteiger partial charge in [-0.1, -0.05) is 30.3 Å². The molecule has 2 aromatic carbocycles. The van der Waals surface area contributed by atoms with Crippen LogP contribution in [-0.2, 0) is 0 Å². The predicted molar refractivity (Wildman–Crippen MR) is 109 cm³/mol. The predicted octanol–water partition coefficient (Wildman–Crippen LogP) is 3.98. The molecule has 150 valence electrons. The van der Waals surface area contributed by atoms with E-state index in [0.717, 1.165) is 29.7 Å². The number of nitrogens with one attached hydrogen (secondary N) is 1. The highest BCUT2D eigenvalue weighted by Gasteiger charge is 2.27. The Labute approximate surface area is 169 Å². The molecule has 4 rings (SSSR count). The summed E-state index contributed by atoms with van der Waals surface area (Å²) < 4.78 is 11.4. The zero-order chi connectivity index (χ0) is 20.1. The molecule has 1 unspecified atom stereocenters. The lowest BCUT2D eigenvalue weighted by atomic mass is 10.2. The fraction of sp³-hybridized carbons (Fsp3) is 0.318. The van der Waals surface area contributed by atoms with Gasteiger partial charge in [-0.25, -0.2) is 4.79 Å². The lowest BCUT2D eigenvalue weighted by Gasteiger charge is -2.17. The summed E-state index contributed by atoms with van der Waals surface area (Å²) in [5, 5.41) is 6.98. The van der Waals surface area contributed by atoms with Crippen molar-refractivity contribution in [3.63, 3.8) is 0 Å². The summed E-state index contributed by atoms with van der Waals surface area (Å²) in [7, 11) is 0. The number of carbonyl (C=O) groups excluding carboxylic acids is 1. The molecule has 1 fully saturated rings. The summed E-state index contributed by atoms with van der Waals surface area (Å²) in [4.78, 5) is 18.3. The molecule has 0 spiro atoms. The minimum Gasteiger partial charge on any atom is -0.489 e. The molecule has 0 radical (unpaired) electrons. The van der Waals surface area contributed by atoms with E-state index in [1.54, 1.807) is 4.90 Å². The van der Waals surface area contributed by atoms with Crippen molar-refractivity contribution in [2.45, 2.75) is 25.9 Å². The molecule has 1 aromatic heterocycles. The van der Waals surface area contributed by atoms with Gasteiger partial charge in [0.25, 0.3) is 5.89 Å². The quantitative estimate of drug-likeness (QED) is 0.686. The first-order chi connectivity index (χ1) is 14.2. The third kappa shape index (κ3) is 4.56. The van der Waals surface area contributed by atoms with Crippen molar-refractivity contribution in [3.05, 3.63) is 54.6 Å². The third-order valence-corrected chi connectivity index (χ3v) is 4.82. The van der Waals surface area contributed by atoms with Crippen LogP contribution in [-0.4, -0.2) is 46.8 Å². The van der Waals surface area contributed by atoms with Crippen LogP contribution in [0.5, 0.6) is 5.75 Å². The van der Waals surface area contributed by atoms with Crippen LogP contribution >= 0.6 is 0 Å². The SMILES string of the molecule is CCCNC(=O)N1CCC(Oc2ccc(-c3noc(-c4ccccc4)n3)cc2)C1. The molecule has 7 nitrogen and oxygen atoms in total. The molecule has 0 aliphatic carbocycles. The molecule has 1 saturated heterocycles. The number of urea groups is 1. The van der Waals surface area contributed by atoms with E-state index in [1.807, 2.05) is 61.5 Å². The van der Waals surface area contributed by atoms with Crippen LogP contribution in [0.25, 0.3) is 22.8 Å². The normalized spacial score (nSPS) is 16.0. The average molecular weight is 392 g/mol. The highest BCUT2D eigenvalue weighted by Crippen LogP contribution is 2.25. The van der Waals surface area contributed by atoms with Gasteiger partial charge in [0.15, 0.2) is 0 Å². The van der Waals surface area contributed by atoms with E-state index in [4.69, 9.17) is 9.26 Å². The number of aromatic nitrogens is 2. The monoisotopic (exact) mass is 392 g/mol. The number of amides is 2. The molecule has 1 aliphatic rings. The van der Waals surface area contributed by atoms with E-state index in [2.05, 4.69) is 15.5 Å². The van der Waals surface area contributed by atoms with Crippen LogP contribution in [0.4, 0.5) is 4.79 Å². The Morgan fingerprint density at radius 1 is 1.17 bits per heavy atom. The number of likely N-dealkylation sites (tertiary alicyclic amines) is 1. The van der Waals surface area contributed by atoms with Crippen LogP contribution in [0.2, 0.25) is 0 Å². The van der Waals surface area contributed by atoms with Gasteiger partial charge in [0, 0.05) is 30.6 Å². The van der Waals surface area contributed by atoms with Crippen LogP contribution in [0.15, 0.2) is 59.1 Å². The molecule has 0 saturated carbocycles. The second-order valence-corrected chi connectivity index (χ2v) is 7.02. The van der Waals surface area contributed by atoms with Crippen molar-refractivity contribution in [2.24, 2.45) is 0 Å². The van der Waals surface area contributed by atoms with Crippen molar-refractivity contribution in [1.29, 1.82) is 0 Å². The maximum absolute atomic E-state index is 12.0. The van der Waals surface area contributed by atoms with Crippen molar-refractivity contribution in [1.82, 2.24) is 20.4 Å². The van der Waals surface area contributed by atoms with Gasteiger partial charge in [0.2, 0.25) is 5.82 Å². The van der Waals surface area contributed by atoms with Gasteiger partial charge < -0.3 is 19.5 Å². The van der Waals surface area contributed by atoms with E-state index < -0.39 is 0 Å². The lowest BCUT2D eigenvalue weighted by Crippen LogP contribution is -2.39. The second kappa shape index (κ2) is 8.77. The lowest BCUT2D eigenvalue weighted by molar-refractivity contribution is 0.187. The number of ether oxygens (including phenoxy) is 1. The third-order valence-electron chi connectivity index (χ3n) is 4.82. The van der Waals surface area contributed by atoms with E-state index >= 15 is 0 Å². The highest BCUT2D eigenvalue weighted by atomic mass is 16.5. The molecule has 1 N–H and O–H groups in total. The van der Waals surface area contributed by atoms with Gasteiger partial charge in [-0.3, -0.25) is 0 Å². The standard InChI is InChI=1S/C22H24N4O3/c1-2-13-23-22(27)26-14-12-19(15-26)28-18-10-8-16(9-11-18)20-24-21(29-25-20)17-6-4-3-5-7-17/h3-11,19H,2,12-15H2,1H3,(H,23,27). The van der Waals surface area contributed by atoms with Gasteiger partial charge in [-0.2, -0.15) is 4.98 Å². The molecule has 29 heavy (non-hydrogen) atoms. The Balaban J connectivity index is 1.35. The number of rotatable bonds is 6. The van der Waals surface area contributed by atoms with Crippen molar-refractivity contribution in [3.8, 4) is 28.6 Å². The Bertz CT molecular complexity index is 940. The summed E-state index contributed by atoms with van der Waals surface area (Å²) in [5.74, 6) is 1.80. The molecule has 0 bridgehead atoms. The van der Waals surface area contributed by atoms with Crippen LogP contribution in [0, 0.1) is 0 Å². The molecule has 2 amide bonds. The molecule has 2 heterocycles. The van der Waals surface area contributed by atoms with Crippen LogP contribution in [0.3, 0.4) is 0 Å². The Morgan fingerprint density at radius 2 is 1.97 bits per heavy atom. The van der Waals surface area contributed by atoms with Gasteiger partial charge in [-0.05, 0) is 42.8 Å². The number of hydrogen-bond acceptors (Lipinski definition) is 5. The van der Waals surface area contributed by atoms with E-state index in [0.29, 0.717) is 31.3 Å². The molecular formula is C22H24N4O3. The molecule has 3 aromatic rings. The molecule has 1 atom stereocenters. The van der Waals surface area contributed by atoms with Crippen LogP contribution < -0.4 is 10.1 Å². The highest BCUT2D eigenvalue weighted by molar-refractivity contribution is 5.74. The summed E-state index contributed by atoms with van der Waals surface area (Å²) in [6, 6.07) is 17.3. The van der Waals surface area contributed by atoms with Gasteiger partial charge in [0.1, 0.15) is 11.9 Å². The first-order valence-corrected chi connectivity index (χ1v) is 9.92. The number of carbonyl (C=O) groups is 1. The Morgan fingerprint density at radius 3 is 2.72 bits per heavy atom. The minimum atomic E-state index is -0.0142.